The van der Waals surface area contributed by atoms with Crippen LogP contribution in [-0.2, 0) is 4.74 Å². The minimum Gasteiger partial charge on any atom is -0.508 e. The van der Waals surface area contributed by atoms with Crippen LogP contribution in [-0.4, -0.2) is 17.9 Å². The van der Waals surface area contributed by atoms with Crippen LogP contribution in [0, 0.1) is 0 Å². The Hall–Kier alpha value is -1.97. The molecule has 0 aromatic heterocycles. The van der Waals surface area contributed by atoms with Gasteiger partial charge in [-0.05, 0) is 24.3 Å². The summed E-state index contributed by atoms with van der Waals surface area (Å²) in [6.45, 7) is 3.49. The Balaban J connectivity index is 2.47. The number of hydrogen-bond donors (Lipinski definition) is 1. The summed E-state index contributed by atoms with van der Waals surface area (Å²) in [4.78, 5) is 10.9. The van der Waals surface area contributed by atoms with Crippen molar-refractivity contribution < 1.29 is 19.4 Å². The van der Waals surface area contributed by atoms with Gasteiger partial charge in [-0.3, -0.25) is 0 Å². The summed E-state index contributed by atoms with van der Waals surface area (Å²) < 4.78 is 9.34. The van der Waals surface area contributed by atoms with Gasteiger partial charge in [-0.15, -0.1) is 0 Å². The second-order valence-corrected chi connectivity index (χ2v) is 2.45. The number of hydrogen-bond acceptors (Lipinski definition) is 4. The van der Waals surface area contributed by atoms with Gasteiger partial charge in [-0.2, -0.15) is 0 Å². The van der Waals surface area contributed by atoms with Gasteiger partial charge in [0.25, 0.3) is 0 Å². The van der Waals surface area contributed by atoms with Gasteiger partial charge in [0.05, 0.1) is 0 Å². The van der Waals surface area contributed by atoms with Crippen LogP contribution in [0.2, 0.25) is 0 Å². The summed E-state index contributed by atoms with van der Waals surface area (Å²) in [6.07, 6.45) is 0.647. The SMILES string of the molecule is C=CCOC(=O)Oc1ccc(O)cc1. The maximum absolute atomic E-state index is 10.9. The monoisotopic (exact) mass is 194 g/mol. The molecule has 0 aliphatic carbocycles. The van der Waals surface area contributed by atoms with E-state index in [4.69, 9.17) is 9.84 Å². The number of aromatic hydroxyl groups is 1. The normalized spacial score (nSPS) is 9.14. The molecule has 4 nitrogen and oxygen atoms in total. The minimum absolute atomic E-state index is 0.108. The van der Waals surface area contributed by atoms with Gasteiger partial charge in [-0.1, -0.05) is 12.7 Å². The molecule has 0 amide bonds. The van der Waals surface area contributed by atoms with Crippen LogP contribution in [0.1, 0.15) is 0 Å². The smallest absolute Gasteiger partial charge is 0.508 e. The zero-order chi connectivity index (χ0) is 10.4. The van der Waals surface area contributed by atoms with Crippen molar-refractivity contribution in [2.24, 2.45) is 0 Å². The van der Waals surface area contributed by atoms with Crippen LogP contribution in [0.3, 0.4) is 0 Å². The number of phenols is 1. The Morgan fingerprint density at radius 1 is 1.43 bits per heavy atom. The summed E-state index contributed by atoms with van der Waals surface area (Å²) in [7, 11) is 0. The Kier molecular flexibility index (Phi) is 3.55. The third kappa shape index (κ3) is 3.18. The first-order chi connectivity index (χ1) is 6.72. The number of ether oxygens (including phenoxy) is 2. The third-order valence-corrected chi connectivity index (χ3v) is 1.36. The lowest BCUT2D eigenvalue weighted by Crippen LogP contribution is -2.10. The summed E-state index contributed by atoms with van der Waals surface area (Å²) in [5.41, 5.74) is 0. The molecule has 0 saturated carbocycles. The number of rotatable bonds is 3. The van der Waals surface area contributed by atoms with Crippen LogP contribution in [0.5, 0.6) is 11.5 Å². The molecule has 0 atom stereocenters. The molecule has 74 valence electrons. The molecule has 0 fully saturated rings. The zero-order valence-corrected chi connectivity index (χ0v) is 7.47. The predicted octanol–water partition coefficient (Wildman–Crippen LogP) is 2.09. The molecule has 0 unspecified atom stereocenters. The Morgan fingerprint density at radius 2 is 2.07 bits per heavy atom. The lowest BCUT2D eigenvalue weighted by Gasteiger charge is -2.03. The van der Waals surface area contributed by atoms with Gasteiger partial charge in [0, 0.05) is 0 Å². The Labute approximate surface area is 81.4 Å². The number of phenolic OH excluding ortho intramolecular Hbond substituents is 1. The molecule has 1 N–H and O–H groups in total. The molecular formula is C10H10O4. The summed E-state index contributed by atoms with van der Waals surface area (Å²) in [6, 6.07) is 5.75. The lowest BCUT2D eigenvalue weighted by atomic mass is 10.3. The van der Waals surface area contributed by atoms with Crippen molar-refractivity contribution in [2.75, 3.05) is 6.61 Å². The van der Waals surface area contributed by atoms with E-state index in [2.05, 4.69) is 11.3 Å². The van der Waals surface area contributed by atoms with Gasteiger partial charge in [0.2, 0.25) is 0 Å². The summed E-state index contributed by atoms with van der Waals surface area (Å²) >= 11 is 0. The molecule has 1 aromatic rings. The summed E-state index contributed by atoms with van der Waals surface area (Å²) in [5, 5.41) is 8.95. The molecule has 1 rings (SSSR count). The van der Waals surface area contributed by atoms with Gasteiger partial charge in [0.1, 0.15) is 18.1 Å². The lowest BCUT2D eigenvalue weighted by molar-refractivity contribution is 0.109. The van der Waals surface area contributed by atoms with Gasteiger partial charge < -0.3 is 14.6 Å². The quantitative estimate of drug-likeness (QED) is 0.454. The fourth-order valence-corrected chi connectivity index (χ4v) is 0.767. The first-order valence-corrected chi connectivity index (χ1v) is 3.97. The fraction of sp³-hybridized carbons (Fsp3) is 0.100. The van der Waals surface area contributed by atoms with E-state index in [1.165, 1.54) is 30.3 Å². The van der Waals surface area contributed by atoms with Crippen molar-refractivity contribution in [3.63, 3.8) is 0 Å². The van der Waals surface area contributed by atoms with Crippen molar-refractivity contribution >= 4 is 6.16 Å². The maximum atomic E-state index is 10.9. The van der Waals surface area contributed by atoms with Crippen LogP contribution >= 0.6 is 0 Å². The van der Waals surface area contributed by atoms with Crippen LogP contribution in [0.4, 0.5) is 4.79 Å². The largest absolute Gasteiger partial charge is 0.514 e. The Morgan fingerprint density at radius 3 is 2.64 bits per heavy atom. The van der Waals surface area contributed by atoms with E-state index in [0.29, 0.717) is 5.75 Å². The first kappa shape index (κ1) is 10.1. The van der Waals surface area contributed by atoms with Crippen molar-refractivity contribution in [3.8, 4) is 11.5 Å². The Bertz CT molecular complexity index is 315. The van der Waals surface area contributed by atoms with Crippen LogP contribution < -0.4 is 4.74 Å². The molecule has 0 spiro atoms. The molecule has 0 saturated heterocycles. The van der Waals surface area contributed by atoms with Crippen molar-refractivity contribution in [1.29, 1.82) is 0 Å². The predicted molar refractivity (Wildman–Crippen MR) is 50.3 cm³/mol. The molecule has 4 heteroatoms. The molecule has 1 aromatic carbocycles. The van der Waals surface area contributed by atoms with Gasteiger partial charge in [-0.25, -0.2) is 4.79 Å². The number of carbonyl (C=O) groups excluding carboxylic acids is 1. The van der Waals surface area contributed by atoms with Gasteiger partial charge in [0.15, 0.2) is 0 Å². The van der Waals surface area contributed by atoms with E-state index in [9.17, 15) is 4.79 Å². The molecule has 0 aliphatic heterocycles. The fourth-order valence-electron chi connectivity index (χ4n) is 0.767. The van der Waals surface area contributed by atoms with Crippen molar-refractivity contribution in [1.82, 2.24) is 0 Å². The second kappa shape index (κ2) is 4.91. The highest BCUT2D eigenvalue weighted by atomic mass is 16.7. The molecule has 0 bridgehead atoms. The van der Waals surface area contributed by atoms with Crippen molar-refractivity contribution in [2.45, 2.75) is 0 Å². The molecular weight excluding hydrogens is 184 g/mol. The van der Waals surface area contributed by atoms with Crippen molar-refractivity contribution in [3.05, 3.63) is 36.9 Å². The highest BCUT2D eigenvalue weighted by Gasteiger charge is 2.03. The van der Waals surface area contributed by atoms with E-state index in [1.807, 2.05) is 0 Å². The standard InChI is InChI=1S/C10H10O4/c1-2-7-13-10(12)14-9-5-3-8(11)4-6-9/h2-6,11H,1,7H2. The minimum atomic E-state index is -0.796. The summed E-state index contributed by atoms with van der Waals surface area (Å²) in [5.74, 6) is 0.425. The molecule has 0 radical (unpaired) electrons. The highest BCUT2D eigenvalue weighted by molar-refractivity contribution is 5.63. The zero-order valence-electron chi connectivity index (χ0n) is 7.47. The molecule has 0 heterocycles. The third-order valence-electron chi connectivity index (χ3n) is 1.36. The van der Waals surface area contributed by atoms with E-state index in [0.717, 1.165) is 0 Å². The first-order valence-electron chi connectivity index (χ1n) is 3.97. The molecule has 0 aliphatic rings. The van der Waals surface area contributed by atoms with E-state index in [-0.39, 0.29) is 12.4 Å². The average Bonchev–Trinajstić information content (AvgIpc) is 2.18. The van der Waals surface area contributed by atoms with Crippen LogP contribution in [0.15, 0.2) is 36.9 Å². The topological polar surface area (TPSA) is 55.8 Å². The average molecular weight is 194 g/mol. The van der Waals surface area contributed by atoms with E-state index < -0.39 is 6.16 Å². The molecule has 14 heavy (non-hydrogen) atoms. The highest BCUT2D eigenvalue weighted by Crippen LogP contribution is 2.16. The maximum Gasteiger partial charge on any atom is 0.514 e. The number of carbonyl (C=O) groups is 1. The number of benzene rings is 1. The van der Waals surface area contributed by atoms with Gasteiger partial charge >= 0.3 is 6.16 Å². The van der Waals surface area contributed by atoms with Crippen LogP contribution in [0.25, 0.3) is 0 Å². The second-order valence-electron chi connectivity index (χ2n) is 2.45. The van der Waals surface area contributed by atoms with E-state index >= 15 is 0 Å². The van der Waals surface area contributed by atoms with E-state index in [1.54, 1.807) is 0 Å².